The number of para-hydroxylation sites is 1. The molecular weight excluding hydrogens is 330 g/mol. The van der Waals surface area contributed by atoms with Gasteiger partial charge in [0.1, 0.15) is 11.5 Å². The maximum absolute atomic E-state index is 12.3. The highest BCUT2D eigenvalue weighted by Crippen LogP contribution is 2.23. The molecule has 1 aliphatic rings. The van der Waals surface area contributed by atoms with Crippen LogP contribution in [0.3, 0.4) is 0 Å². The second-order valence-electron chi connectivity index (χ2n) is 6.37. The third-order valence-corrected chi connectivity index (χ3v) is 4.41. The smallest absolute Gasteiger partial charge is 0.238 e. The lowest BCUT2D eigenvalue weighted by atomic mass is 10.0. The van der Waals surface area contributed by atoms with Gasteiger partial charge in [-0.25, -0.2) is 0 Å². The van der Waals surface area contributed by atoms with Crippen LogP contribution in [0, 0.1) is 0 Å². The van der Waals surface area contributed by atoms with Crippen LogP contribution in [0.1, 0.15) is 19.3 Å². The van der Waals surface area contributed by atoms with Crippen LogP contribution in [0.2, 0.25) is 0 Å². The summed E-state index contributed by atoms with van der Waals surface area (Å²) in [6.45, 7) is 0.876. The summed E-state index contributed by atoms with van der Waals surface area (Å²) in [6.07, 6.45) is 2.66. The number of carbonyl (C=O) groups is 2. The fourth-order valence-corrected chi connectivity index (χ4v) is 3.12. The molecule has 0 spiro atoms. The SMILES string of the molecule is NC(=O)[C@H]1CCCCN1CC(=O)Nc1ccc(Oc2ccccc2)cc1. The first kappa shape index (κ1) is 17.9. The fourth-order valence-electron chi connectivity index (χ4n) is 3.12. The highest BCUT2D eigenvalue weighted by molar-refractivity contribution is 5.92. The maximum atomic E-state index is 12.3. The van der Waals surface area contributed by atoms with E-state index < -0.39 is 0 Å². The summed E-state index contributed by atoms with van der Waals surface area (Å²) in [5, 5.41) is 2.85. The molecule has 2 aromatic rings. The van der Waals surface area contributed by atoms with Crippen molar-refractivity contribution < 1.29 is 14.3 Å². The van der Waals surface area contributed by atoms with E-state index in [0.29, 0.717) is 24.4 Å². The lowest BCUT2D eigenvalue weighted by molar-refractivity contribution is -0.126. The van der Waals surface area contributed by atoms with Crippen LogP contribution >= 0.6 is 0 Å². The number of nitrogens with two attached hydrogens (primary N) is 1. The second-order valence-corrected chi connectivity index (χ2v) is 6.37. The van der Waals surface area contributed by atoms with Gasteiger partial charge >= 0.3 is 0 Å². The number of benzene rings is 2. The topological polar surface area (TPSA) is 84.7 Å². The zero-order valence-corrected chi connectivity index (χ0v) is 14.6. The predicted molar refractivity (Wildman–Crippen MR) is 100.0 cm³/mol. The van der Waals surface area contributed by atoms with Crippen LogP contribution in [0.25, 0.3) is 0 Å². The molecule has 0 aliphatic carbocycles. The van der Waals surface area contributed by atoms with E-state index in [1.54, 1.807) is 24.3 Å². The summed E-state index contributed by atoms with van der Waals surface area (Å²) in [6, 6.07) is 16.3. The average Bonchev–Trinajstić information content (AvgIpc) is 2.64. The molecule has 0 radical (unpaired) electrons. The number of anilines is 1. The van der Waals surface area contributed by atoms with Gasteiger partial charge in [0, 0.05) is 5.69 Å². The lowest BCUT2D eigenvalue weighted by Crippen LogP contribution is -2.50. The third-order valence-electron chi connectivity index (χ3n) is 4.41. The summed E-state index contributed by atoms with van der Waals surface area (Å²) in [4.78, 5) is 25.7. The van der Waals surface area contributed by atoms with E-state index in [9.17, 15) is 9.59 Å². The van der Waals surface area contributed by atoms with Gasteiger partial charge in [-0.3, -0.25) is 14.5 Å². The standard InChI is InChI=1S/C20H23N3O3/c21-20(25)18-8-4-5-13-23(18)14-19(24)22-15-9-11-17(12-10-15)26-16-6-2-1-3-7-16/h1-3,6-7,9-12,18H,4-5,8,13-14H2,(H2,21,25)(H,22,24)/t18-/m1/s1. The predicted octanol–water partition coefficient (Wildman–Crippen LogP) is 2.76. The number of hydrogen-bond donors (Lipinski definition) is 2. The van der Waals surface area contributed by atoms with Gasteiger partial charge in [0.15, 0.2) is 0 Å². The Kier molecular flexibility index (Phi) is 5.86. The minimum Gasteiger partial charge on any atom is -0.457 e. The van der Waals surface area contributed by atoms with Crippen molar-refractivity contribution >= 4 is 17.5 Å². The molecule has 136 valence electrons. The molecule has 6 nitrogen and oxygen atoms in total. The van der Waals surface area contributed by atoms with Gasteiger partial charge in [-0.15, -0.1) is 0 Å². The largest absolute Gasteiger partial charge is 0.457 e. The van der Waals surface area contributed by atoms with Gasteiger partial charge in [0.25, 0.3) is 0 Å². The van der Waals surface area contributed by atoms with E-state index in [2.05, 4.69) is 5.32 Å². The van der Waals surface area contributed by atoms with Gasteiger partial charge < -0.3 is 15.8 Å². The number of rotatable bonds is 6. The Morgan fingerprint density at radius 1 is 1.04 bits per heavy atom. The highest BCUT2D eigenvalue weighted by Gasteiger charge is 2.28. The minimum absolute atomic E-state index is 0.158. The van der Waals surface area contributed by atoms with Crippen molar-refractivity contribution in [2.45, 2.75) is 25.3 Å². The van der Waals surface area contributed by atoms with E-state index in [4.69, 9.17) is 10.5 Å². The zero-order valence-electron chi connectivity index (χ0n) is 14.6. The van der Waals surface area contributed by atoms with Crippen LogP contribution in [0.15, 0.2) is 54.6 Å². The zero-order chi connectivity index (χ0) is 18.4. The molecule has 0 unspecified atom stereocenters. The molecule has 2 aromatic carbocycles. The maximum Gasteiger partial charge on any atom is 0.238 e. The van der Waals surface area contributed by atoms with E-state index >= 15 is 0 Å². The van der Waals surface area contributed by atoms with Crippen molar-refractivity contribution in [1.82, 2.24) is 4.90 Å². The number of ether oxygens (including phenoxy) is 1. The number of nitrogens with one attached hydrogen (secondary N) is 1. The van der Waals surface area contributed by atoms with Crippen molar-refractivity contribution in [1.29, 1.82) is 0 Å². The van der Waals surface area contributed by atoms with Gasteiger partial charge in [-0.05, 0) is 55.8 Å². The molecule has 0 bridgehead atoms. The molecule has 1 atom stereocenters. The molecule has 3 N–H and O–H groups in total. The molecule has 0 aromatic heterocycles. The van der Waals surface area contributed by atoms with Crippen LogP contribution < -0.4 is 15.8 Å². The number of primary amides is 1. The number of hydrogen-bond acceptors (Lipinski definition) is 4. The van der Waals surface area contributed by atoms with Crippen molar-refractivity contribution in [3.8, 4) is 11.5 Å². The van der Waals surface area contributed by atoms with Crippen LogP contribution in [0.4, 0.5) is 5.69 Å². The first-order valence-electron chi connectivity index (χ1n) is 8.78. The molecule has 3 rings (SSSR count). The molecule has 1 heterocycles. The van der Waals surface area contributed by atoms with Crippen molar-refractivity contribution in [2.75, 3.05) is 18.4 Å². The molecule has 2 amide bonds. The van der Waals surface area contributed by atoms with E-state index in [-0.39, 0.29) is 24.4 Å². The van der Waals surface area contributed by atoms with Gasteiger partial charge in [-0.1, -0.05) is 24.6 Å². The summed E-state index contributed by atoms with van der Waals surface area (Å²) in [5.41, 5.74) is 6.12. The van der Waals surface area contributed by atoms with Crippen molar-refractivity contribution in [3.63, 3.8) is 0 Å². The van der Waals surface area contributed by atoms with Crippen molar-refractivity contribution in [2.24, 2.45) is 5.73 Å². The number of carbonyl (C=O) groups excluding carboxylic acids is 2. The monoisotopic (exact) mass is 353 g/mol. The van der Waals surface area contributed by atoms with E-state index in [1.165, 1.54) is 0 Å². The molecule has 26 heavy (non-hydrogen) atoms. The molecule has 1 saturated heterocycles. The summed E-state index contributed by atoms with van der Waals surface area (Å²) in [7, 11) is 0. The molecular formula is C20H23N3O3. The summed E-state index contributed by atoms with van der Waals surface area (Å²) >= 11 is 0. The molecule has 0 saturated carbocycles. The Labute approximate surface area is 152 Å². The second kappa shape index (κ2) is 8.49. The van der Waals surface area contributed by atoms with E-state index in [0.717, 1.165) is 18.6 Å². The number of amides is 2. The lowest BCUT2D eigenvalue weighted by Gasteiger charge is -2.32. The van der Waals surface area contributed by atoms with Gasteiger partial charge in [-0.2, -0.15) is 0 Å². The summed E-state index contributed by atoms with van der Waals surface area (Å²) < 4.78 is 5.73. The molecule has 6 heteroatoms. The normalized spacial score (nSPS) is 17.5. The Morgan fingerprint density at radius 3 is 2.42 bits per heavy atom. The van der Waals surface area contributed by atoms with Crippen molar-refractivity contribution in [3.05, 3.63) is 54.6 Å². The molecule has 1 aliphatic heterocycles. The number of piperidine rings is 1. The fraction of sp³-hybridized carbons (Fsp3) is 0.300. The summed E-state index contributed by atoms with van der Waals surface area (Å²) in [5.74, 6) is 0.931. The van der Waals surface area contributed by atoms with Crippen LogP contribution in [-0.4, -0.2) is 35.8 Å². The number of likely N-dealkylation sites (tertiary alicyclic amines) is 1. The Bertz CT molecular complexity index is 747. The first-order valence-corrected chi connectivity index (χ1v) is 8.78. The number of nitrogens with zero attached hydrogens (tertiary/aromatic N) is 1. The van der Waals surface area contributed by atoms with Gasteiger partial charge in [0.2, 0.25) is 11.8 Å². The average molecular weight is 353 g/mol. The quantitative estimate of drug-likeness (QED) is 0.836. The van der Waals surface area contributed by atoms with Crippen LogP contribution in [0.5, 0.6) is 11.5 Å². The molecule has 1 fully saturated rings. The highest BCUT2D eigenvalue weighted by atomic mass is 16.5. The first-order chi connectivity index (χ1) is 12.6. The third kappa shape index (κ3) is 4.83. The van der Waals surface area contributed by atoms with Crippen LogP contribution in [-0.2, 0) is 9.59 Å². The Morgan fingerprint density at radius 2 is 1.73 bits per heavy atom. The van der Waals surface area contributed by atoms with Gasteiger partial charge in [0.05, 0.1) is 12.6 Å². The van der Waals surface area contributed by atoms with E-state index in [1.807, 2.05) is 35.2 Å². The Balaban J connectivity index is 1.55. The Hall–Kier alpha value is -2.86. The minimum atomic E-state index is -0.361.